The second kappa shape index (κ2) is 4.87. The Bertz CT molecular complexity index is 561. The predicted octanol–water partition coefficient (Wildman–Crippen LogP) is 1.94. The predicted molar refractivity (Wildman–Crippen MR) is 67.5 cm³/mol. The quantitative estimate of drug-likeness (QED) is 0.915. The molecule has 1 aliphatic heterocycles. The Morgan fingerprint density at radius 2 is 2.53 bits per heavy atom. The monoisotopic (exact) mass is 260 g/mol. The Labute approximate surface area is 110 Å². The molecule has 1 amide bonds. The number of carbonyl (C=O) groups excluding carboxylic acids is 1. The molecule has 0 bridgehead atoms. The zero-order valence-electron chi connectivity index (χ0n) is 10.8. The lowest BCUT2D eigenvalue weighted by atomic mass is 10.1. The highest BCUT2D eigenvalue weighted by Gasteiger charge is 2.33. The van der Waals surface area contributed by atoms with Gasteiger partial charge in [-0.05, 0) is 25.3 Å². The number of nitrogens with one attached hydrogen (secondary N) is 1. The van der Waals surface area contributed by atoms with Crippen LogP contribution in [0.4, 0.5) is 0 Å². The topological polar surface area (TPSA) is 75.0 Å². The van der Waals surface area contributed by atoms with Crippen molar-refractivity contribution in [3.63, 3.8) is 0 Å². The van der Waals surface area contributed by atoms with Crippen molar-refractivity contribution in [3.8, 4) is 0 Å². The number of hydrogen-bond acceptors (Lipinski definition) is 4. The fourth-order valence-electron chi connectivity index (χ4n) is 2.51. The first-order chi connectivity index (χ1) is 9.29. The van der Waals surface area contributed by atoms with E-state index in [0.717, 1.165) is 37.2 Å². The molecule has 1 unspecified atom stereocenters. The first-order valence-corrected chi connectivity index (χ1v) is 6.55. The van der Waals surface area contributed by atoms with E-state index in [-0.39, 0.29) is 11.9 Å². The molecule has 1 atom stereocenters. The highest BCUT2D eigenvalue weighted by Crippen LogP contribution is 2.31. The third-order valence-electron chi connectivity index (χ3n) is 3.53. The van der Waals surface area contributed by atoms with Crippen molar-refractivity contribution in [1.82, 2.24) is 20.3 Å². The largest absolute Gasteiger partial charge is 0.351 e. The van der Waals surface area contributed by atoms with E-state index in [1.165, 1.54) is 0 Å². The summed E-state index contributed by atoms with van der Waals surface area (Å²) in [5.74, 6) is 0.229. The second-order valence-electron chi connectivity index (χ2n) is 4.70. The van der Waals surface area contributed by atoms with Crippen molar-refractivity contribution in [2.45, 2.75) is 32.2 Å². The molecule has 1 aliphatic rings. The van der Waals surface area contributed by atoms with Gasteiger partial charge in [-0.15, -0.1) is 0 Å². The Morgan fingerprint density at radius 3 is 3.21 bits per heavy atom. The van der Waals surface area contributed by atoms with Gasteiger partial charge in [-0.3, -0.25) is 9.89 Å². The standard InChI is InChI=1S/C13H16N4O2/c1-2-9-8-12(19-16-9)13(18)17-7-3-4-11(17)10-5-6-14-15-10/h5-6,8,11H,2-4,7H2,1H3,(H,14,15). The molecule has 1 fully saturated rings. The van der Waals surface area contributed by atoms with Gasteiger partial charge in [0.25, 0.3) is 5.91 Å². The highest BCUT2D eigenvalue weighted by atomic mass is 16.5. The molecule has 0 aliphatic carbocycles. The molecule has 0 aromatic carbocycles. The summed E-state index contributed by atoms with van der Waals surface area (Å²) in [6.07, 6.45) is 4.41. The Balaban J connectivity index is 1.82. The molecular weight excluding hydrogens is 244 g/mol. The Kier molecular flexibility index (Phi) is 3.06. The number of nitrogens with zero attached hydrogens (tertiary/aromatic N) is 3. The van der Waals surface area contributed by atoms with E-state index in [1.54, 1.807) is 12.3 Å². The molecule has 6 heteroatoms. The average Bonchev–Trinajstić information content (AvgIpc) is 3.16. The molecule has 0 spiro atoms. The number of amides is 1. The van der Waals surface area contributed by atoms with Crippen molar-refractivity contribution < 1.29 is 9.32 Å². The first kappa shape index (κ1) is 12.0. The van der Waals surface area contributed by atoms with E-state index in [2.05, 4.69) is 15.4 Å². The highest BCUT2D eigenvalue weighted by molar-refractivity contribution is 5.92. The first-order valence-electron chi connectivity index (χ1n) is 6.55. The van der Waals surface area contributed by atoms with Crippen molar-refractivity contribution in [2.24, 2.45) is 0 Å². The maximum absolute atomic E-state index is 12.4. The van der Waals surface area contributed by atoms with E-state index < -0.39 is 0 Å². The molecule has 1 saturated heterocycles. The van der Waals surface area contributed by atoms with Crippen LogP contribution in [0.15, 0.2) is 22.9 Å². The van der Waals surface area contributed by atoms with Crippen LogP contribution >= 0.6 is 0 Å². The minimum atomic E-state index is -0.0932. The van der Waals surface area contributed by atoms with Crippen molar-refractivity contribution in [1.29, 1.82) is 0 Å². The van der Waals surface area contributed by atoms with Gasteiger partial charge in [-0.2, -0.15) is 5.10 Å². The lowest BCUT2D eigenvalue weighted by molar-refractivity contribution is 0.0690. The molecule has 0 saturated carbocycles. The summed E-state index contributed by atoms with van der Waals surface area (Å²) < 4.78 is 5.13. The number of H-pyrrole nitrogens is 1. The molecular formula is C13H16N4O2. The fraction of sp³-hybridized carbons (Fsp3) is 0.462. The van der Waals surface area contributed by atoms with Gasteiger partial charge in [-0.1, -0.05) is 12.1 Å². The summed E-state index contributed by atoms with van der Waals surface area (Å²) in [5, 5.41) is 10.8. The SMILES string of the molecule is CCc1cc(C(=O)N2CCCC2c2ccn[nH]2)on1. The van der Waals surface area contributed by atoms with Gasteiger partial charge < -0.3 is 9.42 Å². The summed E-state index contributed by atoms with van der Waals surface area (Å²) >= 11 is 0. The maximum Gasteiger partial charge on any atom is 0.293 e. The summed E-state index contributed by atoms with van der Waals surface area (Å²) in [4.78, 5) is 14.3. The second-order valence-corrected chi connectivity index (χ2v) is 4.70. The van der Waals surface area contributed by atoms with E-state index in [4.69, 9.17) is 4.52 Å². The van der Waals surface area contributed by atoms with Gasteiger partial charge in [0.2, 0.25) is 5.76 Å². The zero-order chi connectivity index (χ0) is 13.2. The number of carbonyl (C=O) groups is 1. The van der Waals surface area contributed by atoms with Crippen LogP contribution in [0.2, 0.25) is 0 Å². The summed E-state index contributed by atoms with van der Waals surface area (Å²) in [5.41, 5.74) is 1.78. The molecule has 2 aromatic rings. The number of hydrogen-bond donors (Lipinski definition) is 1. The van der Waals surface area contributed by atoms with Crippen LogP contribution in [0.5, 0.6) is 0 Å². The third-order valence-corrected chi connectivity index (χ3v) is 3.53. The molecule has 2 aromatic heterocycles. The normalized spacial score (nSPS) is 19.0. The van der Waals surface area contributed by atoms with Gasteiger partial charge in [0.05, 0.1) is 17.4 Å². The number of aryl methyl sites for hydroxylation is 1. The van der Waals surface area contributed by atoms with Crippen molar-refractivity contribution >= 4 is 5.91 Å². The summed E-state index contributed by atoms with van der Waals surface area (Å²) in [7, 11) is 0. The van der Waals surface area contributed by atoms with Gasteiger partial charge in [0.1, 0.15) is 0 Å². The molecule has 1 N–H and O–H groups in total. The fourth-order valence-corrected chi connectivity index (χ4v) is 2.51. The molecule has 3 rings (SSSR count). The van der Waals surface area contributed by atoms with Gasteiger partial charge >= 0.3 is 0 Å². The van der Waals surface area contributed by atoms with Gasteiger partial charge in [0, 0.05) is 18.8 Å². The summed E-state index contributed by atoms with van der Waals surface area (Å²) in [6.45, 7) is 2.72. The van der Waals surface area contributed by atoms with Crippen LogP contribution < -0.4 is 0 Å². The van der Waals surface area contributed by atoms with Crippen LogP contribution in [0.3, 0.4) is 0 Å². The van der Waals surface area contributed by atoms with E-state index in [0.29, 0.717) is 5.76 Å². The average molecular weight is 260 g/mol. The van der Waals surface area contributed by atoms with Crippen LogP contribution in [0.25, 0.3) is 0 Å². The molecule has 6 nitrogen and oxygen atoms in total. The van der Waals surface area contributed by atoms with Crippen LogP contribution in [0, 0.1) is 0 Å². The molecule has 3 heterocycles. The number of likely N-dealkylation sites (tertiary alicyclic amines) is 1. The van der Waals surface area contributed by atoms with E-state index in [9.17, 15) is 4.79 Å². The lowest BCUT2D eigenvalue weighted by Crippen LogP contribution is -2.30. The molecule has 19 heavy (non-hydrogen) atoms. The third kappa shape index (κ3) is 2.14. The van der Waals surface area contributed by atoms with Gasteiger partial charge in [-0.25, -0.2) is 0 Å². The Morgan fingerprint density at radius 1 is 1.63 bits per heavy atom. The summed E-state index contributed by atoms with van der Waals surface area (Å²) in [6, 6.07) is 3.70. The van der Waals surface area contributed by atoms with E-state index in [1.807, 2.05) is 17.9 Å². The van der Waals surface area contributed by atoms with Crippen LogP contribution in [-0.2, 0) is 6.42 Å². The van der Waals surface area contributed by atoms with Crippen LogP contribution in [-0.4, -0.2) is 32.7 Å². The van der Waals surface area contributed by atoms with E-state index >= 15 is 0 Å². The smallest absolute Gasteiger partial charge is 0.293 e. The number of aromatic amines is 1. The van der Waals surface area contributed by atoms with Crippen LogP contribution in [0.1, 0.15) is 47.7 Å². The molecule has 0 radical (unpaired) electrons. The number of rotatable bonds is 3. The molecule has 100 valence electrons. The van der Waals surface area contributed by atoms with Crippen molar-refractivity contribution in [2.75, 3.05) is 6.54 Å². The Hall–Kier alpha value is -2.11. The minimum Gasteiger partial charge on any atom is -0.351 e. The maximum atomic E-state index is 12.4. The van der Waals surface area contributed by atoms with Gasteiger partial charge in [0.15, 0.2) is 0 Å². The minimum absolute atomic E-state index is 0.0603. The van der Waals surface area contributed by atoms with Crippen molar-refractivity contribution in [3.05, 3.63) is 35.5 Å². The lowest BCUT2D eigenvalue weighted by Gasteiger charge is -2.22. The number of aromatic nitrogens is 3. The zero-order valence-corrected chi connectivity index (χ0v) is 10.8.